The fourth-order valence-electron chi connectivity index (χ4n) is 3.72. The summed E-state index contributed by atoms with van der Waals surface area (Å²) in [4.78, 5) is 31.5. The van der Waals surface area contributed by atoms with Crippen molar-refractivity contribution in [3.8, 4) is 11.1 Å². The second-order valence-electron chi connectivity index (χ2n) is 7.23. The first kappa shape index (κ1) is 17.9. The molecule has 30 heavy (non-hydrogen) atoms. The fraction of sp³-hybridized carbons (Fsp3) is 0.0400. The number of hydrogen-bond acceptors (Lipinski definition) is 2. The van der Waals surface area contributed by atoms with E-state index in [1.165, 1.54) is 0 Å². The Morgan fingerprint density at radius 3 is 2.50 bits per heavy atom. The lowest BCUT2D eigenvalue weighted by atomic mass is 10.0. The van der Waals surface area contributed by atoms with Gasteiger partial charge in [-0.25, -0.2) is 0 Å². The predicted octanol–water partition coefficient (Wildman–Crippen LogP) is 4.61. The van der Waals surface area contributed by atoms with Crippen molar-refractivity contribution in [2.75, 3.05) is 0 Å². The molecule has 5 rings (SSSR count). The molecule has 0 aliphatic carbocycles. The normalized spacial score (nSPS) is 11.1. The van der Waals surface area contributed by atoms with Crippen molar-refractivity contribution < 1.29 is 4.79 Å². The molecule has 5 aromatic rings. The van der Waals surface area contributed by atoms with Crippen LogP contribution in [0.3, 0.4) is 0 Å². The summed E-state index contributed by atoms with van der Waals surface area (Å²) >= 11 is 0. The van der Waals surface area contributed by atoms with Crippen molar-refractivity contribution in [1.82, 2.24) is 15.3 Å². The number of fused-ring (bicyclic) bond motifs is 2. The number of carbonyl (C=O) groups is 1. The zero-order valence-electron chi connectivity index (χ0n) is 16.1. The van der Waals surface area contributed by atoms with E-state index in [4.69, 9.17) is 0 Å². The van der Waals surface area contributed by atoms with Gasteiger partial charge in [-0.1, -0.05) is 54.6 Å². The van der Waals surface area contributed by atoms with Gasteiger partial charge in [-0.15, -0.1) is 0 Å². The van der Waals surface area contributed by atoms with Gasteiger partial charge in [0.2, 0.25) is 0 Å². The Labute approximate surface area is 172 Å². The van der Waals surface area contributed by atoms with Crippen molar-refractivity contribution in [1.29, 1.82) is 0 Å². The van der Waals surface area contributed by atoms with Crippen LogP contribution >= 0.6 is 0 Å². The van der Waals surface area contributed by atoms with E-state index in [2.05, 4.69) is 15.3 Å². The highest BCUT2D eigenvalue weighted by Crippen LogP contribution is 2.27. The number of pyridine rings is 1. The van der Waals surface area contributed by atoms with E-state index >= 15 is 0 Å². The number of rotatable bonds is 4. The van der Waals surface area contributed by atoms with E-state index in [-0.39, 0.29) is 11.5 Å². The Morgan fingerprint density at radius 2 is 1.63 bits per heavy atom. The predicted molar refractivity (Wildman–Crippen MR) is 119 cm³/mol. The number of amides is 1. The van der Waals surface area contributed by atoms with Gasteiger partial charge in [-0.3, -0.25) is 9.59 Å². The van der Waals surface area contributed by atoms with Crippen molar-refractivity contribution in [2.24, 2.45) is 0 Å². The van der Waals surface area contributed by atoms with Gasteiger partial charge in [0.05, 0.1) is 0 Å². The Balaban J connectivity index is 1.47. The van der Waals surface area contributed by atoms with Crippen LogP contribution in [-0.4, -0.2) is 15.9 Å². The van der Waals surface area contributed by atoms with Crippen LogP contribution in [0.15, 0.2) is 89.9 Å². The van der Waals surface area contributed by atoms with Crippen LogP contribution < -0.4 is 10.9 Å². The van der Waals surface area contributed by atoms with Gasteiger partial charge < -0.3 is 15.3 Å². The Bertz CT molecular complexity index is 1430. The summed E-state index contributed by atoms with van der Waals surface area (Å²) in [5, 5.41) is 4.78. The molecule has 2 heterocycles. The molecule has 1 amide bonds. The summed E-state index contributed by atoms with van der Waals surface area (Å²) < 4.78 is 0. The van der Waals surface area contributed by atoms with Crippen LogP contribution in [0.25, 0.3) is 32.9 Å². The smallest absolute Gasteiger partial charge is 0.256 e. The highest BCUT2D eigenvalue weighted by atomic mass is 16.1. The SMILES string of the molecule is O=C(NCc1ccccc1)c1ccc2cc(-c3c[nH]c4ccccc34)c(=O)[nH]c2c1. The van der Waals surface area contributed by atoms with Crippen LogP contribution in [0.4, 0.5) is 0 Å². The van der Waals surface area contributed by atoms with Gasteiger partial charge in [-0.2, -0.15) is 0 Å². The Morgan fingerprint density at radius 1 is 0.833 bits per heavy atom. The summed E-state index contributed by atoms with van der Waals surface area (Å²) in [7, 11) is 0. The van der Waals surface area contributed by atoms with Crippen LogP contribution in [0.1, 0.15) is 15.9 Å². The number of benzene rings is 3. The minimum Gasteiger partial charge on any atom is -0.361 e. The summed E-state index contributed by atoms with van der Waals surface area (Å²) in [5.74, 6) is -0.178. The summed E-state index contributed by atoms with van der Waals surface area (Å²) in [6, 6.07) is 24.9. The quantitative estimate of drug-likeness (QED) is 0.417. The van der Waals surface area contributed by atoms with Gasteiger partial charge in [0.25, 0.3) is 11.5 Å². The van der Waals surface area contributed by atoms with Crippen molar-refractivity contribution in [2.45, 2.75) is 6.54 Å². The topological polar surface area (TPSA) is 77.8 Å². The summed E-state index contributed by atoms with van der Waals surface area (Å²) in [5.41, 5.74) is 4.43. The largest absolute Gasteiger partial charge is 0.361 e. The van der Waals surface area contributed by atoms with Crippen LogP contribution in [-0.2, 0) is 6.54 Å². The molecule has 3 aromatic carbocycles. The molecule has 0 aliphatic rings. The van der Waals surface area contributed by atoms with E-state index in [1.807, 2.05) is 72.9 Å². The third-order valence-corrected chi connectivity index (χ3v) is 5.28. The number of carbonyl (C=O) groups excluding carboxylic acids is 1. The molecule has 5 heteroatoms. The molecule has 146 valence electrons. The van der Waals surface area contributed by atoms with Gasteiger partial charge in [0, 0.05) is 45.9 Å². The number of nitrogens with one attached hydrogen (secondary N) is 3. The van der Waals surface area contributed by atoms with Crippen molar-refractivity contribution >= 4 is 27.7 Å². The highest BCUT2D eigenvalue weighted by Gasteiger charge is 2.12. The molecule has 0 saturated carbocycles. The number of aromatic amines is 2. The third kappa shape index (κ3) is 3.26. The maximum absolute atomic E-state index is 12.8. The average Bonchev–Trinajstić information content (AvgIpc) is 3.21. The van der Waals surface area contributed by atoms with E-state index in [9.17, 15) is 9.59 Å². The molecule has 3 N–H and O–H groups in total. The minimum absolute atomic E-state index is 0.178. The first-order chi connectivity index (χ1) is 14.7. The Hall–Kier alpha value is -4.12. The monoisotopic (exact) mass is 393 g/mol. The highest BCUT2D eigenvalue weighted by molar-refractivity contribution is 6.00. The molecule has 0 bridgehead atoms. The molecular formula is C25H19N3O2. The molecule has 0 saturated heterocycles. The Kier molecular flexibility index (Phi) is 4.41. The average molecular weight is 393 g/mol. The molecule has 0 aliphatic heterocycles. The molecule has 0 atom stereocenters. The van der Waals surface area contributed by atoms with E-state index in [0.29, 0.717) is 23.2 Å². The molecule has 0 radical (unpaired) electrons. The van der Waals surface area contributed by atoms with Crippen molar-refractivity contribution in [3.63, 3.8) is 0 Å². The number of H-pyrrole nitrogens is 2. The lowest BCUT2D eigenvalue weighted by Crippen LogP contribution is -2.22. The molecule has 0 spiro atoms. The maximum Gasteiger partial charge on any atom is 0.256 e. The standard InChI is InChI=1S/C25H19N3O2/c29-24(27-14-16-6-2-1-3-7-16)18-11-10-17-12-20(25(30)28-23(17)13-18)21-15-26-22-9-5-4-8-19(21)22/h1-13,15,26H,14H2,(H,27,29)(H,28,30). The van der Waals surface area contributed by atoms with Gasteiger partial charge in [0.1, 0.15) is 0 Å². The van der Waals surface area contributed by atoms with Gasteiger partial charge in [0.15, 0.2) is 0 Å². The van der Waals surface area contributed by atoms with E-state index in [0.717, 1.165) is 27.4 Å². The second-order valence-corrected chi connectivity index (χ2v) is 7.23. The second kappa shape index (κ2) is 7.37. The molecule has 5 nitrogen and oxygen atoms in total. The number of aromatic nitrogens is 2. The lowest BCUT2D eigenvalue weighted by Gasteiger charge is -2.07. The fourth-order valence-corrected chi connectivity index (χ4v) is 3.72. The lowest BCUT2D eigenvalue weighted by molar-refractivity contribution is 0.0951. The zero-order chi connectivity index (χ0) is 20.5. The molecule has 2 aromatic heterocycles. The third-order valence-electron chi connectivity index (χ3n) is 5.28. The minimum atomic E-state index is -0.186. The molecule has 0 fully saturated rings. The van der Waals surface area contributed by atoms with Crippen LogP contribution in [0.2, 0.25) is 0 Å². The van der Waals surface area contributed by atoms with Gasteiger partial charge in [-0.05, 0) is 35.2 Å². The maximum atomic E-state index is 12.8. The first-order valence-electron chi connectivity index (χ1n) is 9.75. The molecular weight excluding hydrogens is 374 g/mol. The number of hydrogen-bond donors (Lipinski definition) is 3. The van der Waals surface area contributed by atoms with Crippen molar-refractivity contribution in [3.05, 3.63) is 107 Å². The number of para-hydroxylation sites is 1. The van der Waals surface area contributed by atoms with E-state index in [1.54, 1.807) is 12.1 Å². The van der Waals surface area contributed by atoms with Gasteiger partial charge >= 0.3 is 0 Å². The van der Waals surface area contributed by atoms with Crippen LogP contribution in [0, 0.1) is 0 Å². The molecule has 0 unspecified atom stereocenters. The van der Waals surface area contributed by atoms with Crippen LogP contribution in [0.5, 0.6) is 0 Å². The summed E-state index contributed by atoms with van der Waals surface area (Å²) in [6.07, 6.45) is 1.85. The zero-order valence-corrected chi connectivity index (χ0v) is 16.1. The summed E-state index contributed by atoms with van der Waals surface area (Å²) in [6.45, 7) is 0.452. The first-order valence-corrected chi connectivity index (χ1v) is 9.75. The van der Waals surface area contributed by atoms with E-state index < -0.39 is 0 Å².